The maximum absolute atomic E-state index is 12.8. The first-order chi connectivity index (χ1) is 8.24. The third-order valence-corrected chi connectivity index (χ3v) is 2.38. The third-order valence-electron chi connectivity index (χ3n) is 2.38. The fourth-order valence-electron chi connectivity index (χ4n) is 1.59. The molecule has 3 aromatic heterocycles. The van der Waals surface area contributed by atoms with Gasteiger partial charge in [0.25, 0.3) is 0 Å². The third kappa shape index (κ3) is 1.59. The van der Waals surface area contributed by atoms with E-state index in [1.54, 1.807) is 28.8 Å². The Morgan fingerprint density at radius 3 is 2.76 bits per heavy atom. The molecule has 3 aromatic rings. The number of nitrogens with two attached hydrogens (primary N) is 1. The van der Waals surface area contributed by atoms with Gasteiger partial charge in [0.05, 0.1) is 6.20 Å². The average Bonchev–Trinajstić information content (AvgIpc) is 2.73. The second-order valence-corrected chi connectivity index (χ2v) is 3.58. The summed E-state index contributed by atoms with van der Waals surface area (Å²) < 4.78 is 14.5. The Bertz CT molecular complexity index is 674. The van der Waals surface area contributed by atoms with Crippen LogP contribution in [-0.4, -0.2) is 19.6 Å². The summed E-state index contributed by atoms with van der Waals surface area (Å²) in [7, 11) is 0. The number of fused-ring (bicyclic) bond motifs is 1. The van der Waals surface area contributed by atoms with Crippen LogP contribution >= 0.6 is 0 Å². The molecule has 0 aliphatic heterocycles. The lowest BCUT2D eigenvalue weighted by Crippen LogP contribution is -1.94. The molecule has 84 valence electrons. The van der Waals surface area contributed by atoms with Crippen LogP contribution < -0.4 is 5.73 Å². The zero-order valence-electron chi connectivity index (χ0n) is 8.71. The molecule has 0 aliphatic rings. The van der Waals surface area contributed by atoms with Gasteiger partial charge >= 0.3 is 0 Å². The van der Waals surface area contributed by atoms with E-state index in [-0.39, 0.29) is 5.82 Å². The van der Waals surface area contributed by atoms with Crippen LogP contribution in [0, 0.1) is 5.82 Å². The summed E-state index contributed by atoms with van der Waals surface area (Å²) in [6.07, 6.45) is 2.85. The Balaban J connectivity index is 2.23. The van der Waals surface area contributed by atoms with Crippen molar-refractivity contribution in [3.05, 3.63) is 42.5 Å². The average molecular weight is 229 g/mol. The molecule has 0 fully saturated rings. The fourth-order valence-corrected chi connectivity index (χ4v) is 1.59. The molecule has 0 atom stereocenters. The molecule has 0 saturated heterocycles. The van der Waals surface area contributed by atoms with Crippen LogP contribution in [0.15, 0.2) is 36.7 Å². The number of aromatic nitrogens is 4. The number of rotatable bonds is 1. The lowest BCUT2D eigenvalue weighted by atomic mass is 10.3. The fraction of sp³-hybridized carbons (Fsp3) is 0. The summed E-state index contributed by atoms with van der Waals surface area (Å²) in [4.78, 5) is 3.96. The molecule has 2 N–H and O–H groups in total. The van der Waals surface area contributed by atoms with Crippen LogP contribution in [0.25, 0.3) is 17.2 Å². The molecular formula is C11H8FN5. The number of hydrogen-bond donors (Lipinski definition) is 1. The van der Waals surface area contributed by atoms with Crippen molar-refractivity contribution in [1.29, 1.82) is 0 Å². The van der Waals surface area contributed by atoms with Gasteiger partial charge in [-0.2, -0.15) is 0 Å². The van der Waals surface area contributed by atoms with E-state index < -0.39 is 0 Å². The van der Waals surface area contributed by atoms with E-state index in [9.17, 15) is 4.39 Å². The quantitative estimate of drug-likeness (QED) is 0.686. The highest BCUT2D eigenvalue weighted by Crippen LogP contribution is 2.17. The van der Waals surface area contributed by atoms with Crippen molar-refractivity contribution in [2.24, 2.45) is 0 Å². The normalized spacial score (nSPS) is 10.9. The van der Waals surface area contributed by atoms with Gasteiger partial charge in [-0.05, 0) is 24.3 Å². The summed E-state index contributed by atoms with van der Waals surface area (Å²) in [5.74, 6) is 0.148. The van der Waals surface area contributed by atoms with Gasteiger partial charge in [-0.1, -0.05) is 0 Å². The highest BCUT2D eigenvalue weighted by Gasteiger charge is 2.09. The first-order valence-electron chi connectivity index (χ1n) is 4.96. The molecule has 0 spiro atoms. The summed E-state index contributed by atoms with van der Waals surface area (Å²) in [5, 5.41) is 7.99. The standard InChI is InChI=1S/C11H8FN5/c12-7-1-3-9(14-5-7)11-16-15-10-4-2-8(13)6-17(10)11/h1-6H,13H2. The maximum atomic E-state index is 12.8. The highest BCUT2D eigenvalue weighted by molar-refractivity contribution is 5.57. The van der Waals surface area contributed by atoms with Gasteiger partial charge in [-0.15, -0.1) is 10.2 Å². The molecule has 6 heteroatoms. The summed E-state index contributed by atoms with van der Waals surface area (Å²) >= 11 is 0. The first-order valence-corrected chi connectivity index (χ1v) is 4.96. The second-order valence-electron chi connectivity index (χ2n) is 3.58. The topological polar surface area (TPSA) is 69.1 Å². The second kappa shape index (κ2) is 3.51. The first kappa shape index (κ1) is 9.71. The molecule has 0 unspecified atom stereocenters. The molecule has 17 heavy (non-hydrogen) atoms. The van der Waals surface area contributed by atoms with Gasteiger partial charge in [0.15, 0.2) is 11.5 Å². The van der Waals surface area contributed by atoms with Gasteiger partial charge in [0.1, 0.15) is 11.5 Å². The number of anilines is 1. The molecule has 0 amide bonds. The number of nitrogen functional groups attached to an aromatic ring is 1. The number of hydrogen-bond acceptors (Lipinski definition) is 4. The molecule has 0 bridgehead atoms. The van der Waals surface area contributed by atoms with Crippen molar-refractivity contribution in [1.82, 2.24) is 19.6 Å². The molecule has 3 rings (SSSR count). The zero-order valence-corrected chi connectivity index (χ0v) is 8.71. The Kier molecular flexibility index (Phi) is 2.01. The van der Waals surface area contributed by atoms with Crippen molar-refractivity contribution in [2.45, 2.75) is 0 Å². The Morgan fingerprint density at radius 2 is 2.00 bits per heavy atom. The number of halogens is 1. The minimum atomic E-state index is -0.387. The minimum Gasteiger partial charge on any atom is -0.398 e. The van der Waals surface area contributed by atoms with E-state index in [0.29, 0.717) is 22.9 Å². The smallest absolute Gasteiger partial charge is 0.187 e. The number of pyridine rings is 2. The van der Waals surface area contributed by atoms with Crippen LogP contribution in [-0.2, 0) is 0 Å². The molecule has 0 aromatic carbocycles. The van der Waals surface area contributed by atoms with Crippen LogP contribution in [0.1, 0.15) is 0 Å². The Morgan fingerprint density at radius 1 is 1.12 bits per heavy atom. The zero-order chi connectivity index (χ0) is 11.8. The maximum Gasteiger partial charge on any atom is 0.187 e. The van der Waals surface area contributed by atoms with Crippen molar-refractivity contribution >= 4 is 11.3 Å². The SMILES string of the molecule is Nc1ccc2nnc(-c3ccc(F)cn3)n2c1. The van der Waals surface area contributed by atoms with Gasteiger partial charge in [-0.25, -0.2) is 9.37 Å². The predicted octanol–water partition coefficient (Wildman–Crippen LogP) is 1.51. The molecular weight excluding hydrogens is 221 g/mol. The van der Waals surface area contributed by atoms with Crippen LogP contribution in [0.5, 0.6) is 0 Å². The van der Waals surface area contributed by atoms with Crippen LogP contribution in [0.4, 0.5) is 10.1 Å². The lowest BCUT2D eigenvalue weighted by Gasteiger charge is -2.00. The van der Waals surface area contributed by atoms with Gasteiger partial charge in [-0.3, -0.25) is 4.40 Å². The predicted molar refractivity (Wildman–Crippen MR) is 60.6 cm³/mol. The van der Waals surface area contributed by atoms with E-state index in [4.69, 9.17) is 5.73 Å². The van der Waals surface area contributed by atoms with Crippen LogP contribution in [0.3, 0.4) is 0 Å². The van der Waals surface area contributed by atoms with Crippen molar-refractivity contribution in [2.75, 3.05) is 5.73 Å². The van der Waals surface area contributed by atoms with Crippen molar-refractivity contribution < 1.29 is 4.39 Å². The Labute approximate surface area is 95.7 Å². The van der Waals surface area contributed by atoms with E-state index in [0.717, 1.165) is 6.20 Å². The minimum absolute atomic E-state index is 0.387. The molecule has 0 radical (unpaired) electrons. The highest BCUT2D eigenvalue weighted by atomic mass is 19.1. The van der Waals surface area contributed by atoms with E-state index in [1.165, 1.54) is 6.07 Å². The monoisotopic (exact) mass is 229 g/mol. The lowest BCUT2D eigenvalue weighted by molar-refractivity contribution is 0.621. The van der Waals surface area contributed by atoms with Crippen molar-refractivity contribution in [3.63, 3.8) is 0 Å². The molecule has 3 heterocycles. The Hall–Kier alpha value is -2.50. The van der Waals surface area contributed by atoms with E-state index >= 15 is 0 Å². The largest absolute Gasteiger partial charge is 0.398 e. The van der Waals surface area contributed by atoms with E-state index in [1.807, 2.05) is 0 Å². The van der Waals surface area contributed by atoms with Crippen molar-refractivity contribution in [3.8, 4) is 11.5 Å². The molecule has 0 saturated carbocycles. The van der Waals surface area contributed by atoms with Gasteiger partial charge in [0, 0.05) is 11.9 Å². The van der Waals surface area contributed by atoms with Crippen LogP contribution in [0.2, 0.25) is 0 Å². The van der Waals surface area contributed by atoms with E-state index in [2.05, 4.69) is 15.2 Å². The molecule has 0 aliphatic carbocycles. The van der Waals surface area contributed by atoms with Gasteiger partial charge in [0.2, 0.25) is 0 Å². The molecule has 5 nitrogen and oxygen atoms in total. The summed E-state index contributed by atoms with van der Waals surface area (Å²) in [6.45, 7) is 0. The summed E-state index contributed by atoms with van der Waals surface area (Å²) in [6, 6.07) is 6.38. The summed E-state index contributed by atoms with van der Waals surface area (Å²) in [5.41, 5.74) is 7.51. The number of nitrogens with zero attached hydrogens (tertiary/aromatic N) is 4. The van der Waals surface area contributed by atoms with Gasteiger partial charge < -0.3 is 5.73 Å².